The van der Waals surface area contributed by atoms with E-state index < -0.39 is 0 Å². The first-order valence-corrected chi connectivity index (χ1v) is 8.85. The first-order chi connectivity index (χ1) is 12.2. The van der Waals surface area contributed by atoms with E-state index in [0.29, 0.717) is 29.4 Å². The first-order valence-electron chi connectivity index (χ1n) is 8.85. The Morgan fingerprint density at radius 1 is 1.40 bits per heavy atom. The number of amides is 1. The van der Waals surface area contributed by atoms with Crippen molar-refractivity contribution in [3.8, 4) is 0 Å². The fourth-order valence-electron chi connectivity index (χ4n) is 3.68. The molecule has 4 rings (SSSR count). The molecule has 130 valence electrons. The molecule has 6 nitrogen and oxygen atoms in total. The molecule has 1 amide bonds. The van der Waals surface area contributed by atoms with E-state index in [1.807, 2.05) is 37.1 Å². The van der Waals surface area contributed by atoms with E-state index in [4.69, 9.17) is 4.52 Å². The first kappa shape index (κ1) is 15.9. The number of rotatable bonds is 3. The summed E-state index contributed by atoms with van der Waals surface area (Å²) in [4.78, 5) is 22.6. The van der Waals surface area contributed by atoms with E-state index in [-0.39, 0.29) is 5.91 Å². The lowest BCUT2D eigenvalue weighted by Gasteiger charge is -2.31. The zero-order chi connectivity index (χ0) is 17.4. The summed E-state index contributed by atoms with van der Waals surface area (Å²) in [5, 5.41) is 3.96. The van der Waals surface area contributed by atoms with E-state index in [9.17, 15) is 4.79 Å². The molecule has 4 heterocycles. The van der Waals surface area contributed by atoms with Gasteiger partial charge in [0.25, 0.3) is 5.91 Å². The molecule has 1 aliphatic heterocycles. The number of nitrogens with zero attached hydrogens (tertiary/aromatic N) is 3. The highest BCUT2D eigenvalue weighted by Gasteiger charge is 2.29. The van der Waals surface area contributed by atoms with Crippen molar-refractivity contribution >= 4 is 16.9 Å². The predicted molar refractivity (Wildman–Crippen MR) is 94.6 cm³/mol. The minimum Gasteiger partial charge on any atom is -0.360 e. The number of likely N-dealkylation sites (tertiary alicyclic amines) is 1. The van der Waals surface area contributed by atoms with Crippen molar-refractivity contribution in [2.75, 3.05) is 13.1 Å². The van der Waals surface area contributed by atoms with Crippen LogP contribution in [0.2, 0.25) is 0 Å². The SMILES string of the molecule is CCc1onc(C)c1C(=O)N1CCC(c2cc3ncccc3[nH]2)CC1. The standard InChI is InChI=1S/C19H22N4O2/c1-3-17-18(12(2)22-25-17)19(24)23-9-6-13(7-10-23)15-11-16-14(21-15)5-4-8-20-16/h4-5,8,11,13,21H,3,6-7,9-10H2,1-2H3. The Kier molecular flexibility index (Phi) is 4.03. The number of carbonyl (C=O) groups is 1. The third-order valence-electron chi connectivity index (χ3n) is 5.10. The van der Waals surface area contributed by atoms with Gasteiger partial charge in [0, 0.05) is 37.3 Å². The van der Waals surface area contributed by atoms with Crippen LogP contribution in [0.15, 0.2) is 28.9 Å². The number of H-pyrrole nitrogens is 1. The molecule has 0 atom stereocenters. The maximum atomic E-state index is 12.9. The molecule has 0 bridgehead atoms. The van der Waals surface area contributed by atoms with Crippen molar-refractivity contribution in [3.63, 3.8) is 0 Å². The van der Waals surface area contributed by atoms with Gasteiger partial charge < -0.3 is 14.4 Å². The Morgan fingerprint density at radius 3 is 2.92 bits per heavy atom. The number of nitrogens with one attached hydrogen (secondary N) is 1. The molecule has 0 unspecified atom stereocenters. The summed E-state index contributed by atoms with van der Waals surface area (Å²) >= 11 is 0. The molecular weight excluding hydrogens is 316 g/mol. The van der Waals surface area contributed by atoms with Gasteiger partial charge in [-0.1, -0.05) is 12.1 Å². The second-order valence-electron chi connectivity index (χ2n) is 6.65. The monoisotopic (exact) mass is 338 g/mol. The Morgan fingerprint density at radius 2 is 2.20 bits per heavy atom. The second kappa shape index (κ2) is 6.35. The molecule has 1 fully saturated rings. The van der Waals surface area contributed by atoms with Crippen molar-refractivity contribution < 1.29 is 9.32 Å². The van der Waals surface area contributed by atoms with Crippen LogP contribution in [0.5, 0.6) is 0 Å². The molecule has 3 aromatic heterocycles. The van der Waals surface area contributed by atoms with Gasteiger partial charge >= 0.3 is 0 Å². The smallest absolute Gasteiger partial charge is 0.259 e. The third-order valence-corrected chi connectivity index (χ3v) is 5.10. The number of carbonyl (C=O) groups excluding carboxylic acids is 1. The van der Waals surface area contributed by atoms with Crippen molar-refractivity contribution in [3.05, 3.63) is 47.1 Å². The normalized spacial score (nSPS) is 15.8. The average molecular weight is 338 g/mol. The maximum absolute atomic E-state index is 12.9. The zero-order valence-electron chi connectivity index (χ0n) is 14.6. The van der Waals surface area contributed by atoms with Crippen LogP contribution in [-0.4, -0.2) is 39.0 Å². The largest absolute Gasteiger partial charge is 0.360 e. The minimum atomic E-state index is 0.0485. The molecule has 25 heavy (non-hydrogen) atoms. The van der Waals surface area contributed by atoms with E-state index in [1.54, 1.807) is 0 Å². The van der Waals surface area contributed by atoms with E-state index in [0.717, 1.165) is 37.0 Å². The lowest BCUT2D eigenvalue weighted by atomic mass is 9.93. The van der Waals surface area contributed by atoms with Crippen LogP contribution in [0.25, 0.3) is 11.0 Å². The molecule has 6 heteroatoms. The zero-order valence-corrected chi connectivity index (χ0v) is 14.6. The Balaban J connectivity index is 1.47. The van der Waals surface area contributed by atoms with Crippen LogP contribution in [0.3, 0.4) is 0 Å². The fourth-order valence-corrected chi connectivity index (χ4v) is 3.68. The van der Waals surface area contributed by atoms with Crippen LogP contribution in [0.4, 0.5) is 0 Å². The second-order valence-corrected chi connectivity index (χ2v) is 6.65. The van der Waals surface area contributed by atoms with Gasteiger partial charge in [-0.2, -0.15) is 0 Å². The van der Waals surface area contributed by atoms with Crippen molar-refractivity contribution in [1.29, 1.82) is 0 Å². The number of hydrogen-bond donors (Lipinski definition) is 1. The van der Waals surface area contributed by atoms with Crippen LogP contribution in [0.1, 0.15) is 53.2 Å². The molecule has 0 saturated carbocycles. The number of hydrogen-bond acceptors (Lipinski definition) is 4. The summed E-state index contributed by atoms with van der Waals surface area (Å²) in [5.74, 6) is 1.17. The Labute approximate surface area is 146 Å². The van der Waals surface area contributed by atoms with Gasteiger partial charge in [-0.25, -0.2) is 0 Å². The summed E-state index contributed by atoms with van der Waals surface area (Å²) in [7, 11) is 0. The van der Waals surface area contributed by atoms with E-state index in [2.05, 4.69) is 21.2 Å². The number of aromatic amines is 1. The van der Waals surface area contributed by atoms with Crippen molar-refractivity contribution in [1.82, 2.24) is 20.0 Å². The van der Waals surface area contributed by atoms with Crippen molar-refractivity contribution in [2.24, 2.45) is 0 Å². The summed E-state index contributed by atoms with van der Waals surface area (Å²) in [5.41, 5.74) is 4.63. The quantitative estimate of drug-likeness (QED) is 0.794. The van der Waals surface area contributed by atoms with Gasteiger partial charge in [0.15, 0.2) is 0 Å². The van der Waals surface area contributed by atoms with Gasteiger partial charge in [-0.15, -0.1) is 0 Å². The maximum Gasteiger partial charge on any atom is 0.259 e. The summed E-state index contributed by atoms with van der Waals surface area (Å²) < 4.78 is 5.27. The van der Waals surface area contributed by atoms with Crippen LogP contribution >= 0.6 is 0 Å². The highest BCUT2D eigenvalue weighted by molar-refractivity contribution is 5.96. The van der Waals surface area contributed by atoms with Gasteiger partial charge in [-0.05, 0) is 38.0 Å². The fraction of sp³-hybridized carbons (Fsp3) is 0.421. The summed E-state index contributed by atoms with van der Waals surface area (Å²) in [6, 6.07) is 6.12. The number of aryl methyl sites for hydroxylation is 2. The predicted octanol–water partition coefficient (Wildman–Crippen LogP) is 3.44. The number of aromatic nitrogens is 3. The number of piperidine rings is 1. The van der Waals surface area contributed by atoms with Crippen molar-refractivity contribution in [2.45, 2.75) is 39.0 Å². The molecule has 1 aliphatic rings. The van der Waals surface area contributed by atoms with E-state index in [1.165, 1.54) is 5.69 Å². The van der Waals surface area contributed by atoms with Crippen LogP contribution in [0, 0.1) is 6.92 Å². The molecule has 1 saturated heterocycles. The topological polar surface area (TPSA) is 75.0 Å². The molecular formula is C19H22N4O2. The average Bonchev–Trinajstić information content (AvgIpc) is 3.24. The highest BCUT2D eigenvalue weighted by atomic mass is 16.5. The van der Waals surface area contributed by atoms with Gasteiger partial charge in [0.2, 0.25) is 0 Å². The Hall–Kier alpha value is -2.63. The molecule has 0 spiro atoms. The van der Waals surface area contributed by atoms with E-state index >= 15 is 0 Å². The third kappa shape index (κ3) is 2.81. The molecule has 0 aliphatic carbocycles. The van der Waals surface area contributed by atoms with Crippen LogP contribution in [-0.2, 0) is 6.42 Å². The number of pyridine rings is 1. The Bertz CT molecular complexity index is 870. The van der Waals surface area contributed by atoms with Gasteiger partial charge in [-0.3, -0.25) is 9.78 Å². The lowest BCUT2D eigenvalue weighted by molar-refractivity contribution is 0.0709. The molecule has 0 aromatic carbocycles. The minimum absolute atomic E-state index is 0.0485. The van der Waals surface area contributed by atoms with Gasteiger partial charge in [0.05, 0.1) is 16.7 Å². The van der Waals surface area contributed by atoms with Crippen LogP contribution < -0.4 is 0 Å². The van der Waals surface area contributed by atoms with Gasteiger partial charge in [0.1, 0.15) is 11.3 Å². The number of fused-ring (bicyclic) bond motifs is 1. The molecule has 0 radical (unpaired) electrons. The highest BCUT2D eigenvalue weighted by Crippen LogP contribution is 2.30. The summed E-state index contributed by atoms with van der Waals surface area (Å²) in [6.45, 7) is 5.31. The summed E-state index contributed by atoms with van der Waals surface area (Å²) in [6.07, 6.45) is 4.39. The molecule has 1 N–H and O–H groups in total. The lowest BCUT2D eigenvalue weighted by Crippen LogP contribution is -2.38. The molecule has 3 aromatic rings.